The fourth-order valence-corrected chi connectivity index (χ4v) is 3.36. The van der Waals surface area contributed by atoms with Crippen molar-refractivity contribution in [2.24, 2.45) is 5.73 Å². The van der Waals surface area contributed by atoms with Crippen LogP contribution in [0.5, 0.6) is 0 Å². The van der Waals surface area contributed by atoms with Crippen LogP contribution in [0.1, 0.15) is 31.0 Å². The van der Waals surface area contributed by atoms with E-state index in [0.717, 1.165) is 36.1 Å². The highest BCUT2D eigenvalue weighted by molar-refractivity contribution is 6.30. The lowest BCUT2D eigenvalue weighted by Crippen LogP contribution is -2.42. The molecule has 0 bridgehead atoms. The largest absolute Gasteiger partial charge is 0.368 e. The average Bonchev–Trinajstić information content (AvgIpc) is 2.61. The minimum absolute atomic E-state index is 0.0104. The van der Waals surface area contributed by atoms with Gasteiger partial charge < -0.3 is 16.4 Å². The second kappa shape index (κ2) is 7.15. The molecule has 3 rings (SSSR count). The van der Waals surface area contributed by atoms with Gasteiger partial charge in [-0.3, -0.25) is 4.79 Å². The predicted octanol–water partition coefficient (Wildman–Crippen LogP) is 2.39. The van der Waals surface area contributed by atoms with Gasteiger partial charge in [0.25, 0.3) is 0 Å². The molecule has 7 heteroatoms. The van der Waals surface area contributed by atoms with Crippen LogP contribution >= 0.6 is 11.6 Å². The molecular formula is C17H20ClN5O. The fraction of sp³-hybridized carbons (Fsp3) is 0.353. The Hall–Kier alpha value is -2.18. The smallest absolute Gasteiger partial charge is 0.236 e. The van der Waals surface area contributed by atoms with E-state index in [-0.39, 0.29) is 24.4 Å². The Balaban J connectivity index is 2.08. The highest BCUT2D eigenvalue weighted by atomic mass is 35.5. The third-order valence-corrected chi connectivity index (χ3v) is 4.52. The first-order valence-electron chi connectivity index (χ1n) is 7.98. The van der Waals surface area contributed by atoms with Crippen LogP contribution in [0.3, 0.4) is 0 Å². The summed E-state index contributed by atoms with van der Waals surface area (Å²) in [6, 6.07) is 7.35. The first kappa shape index (κ1) is 16.7. The Bertz CT molecular complexity index is 752. The normalized spacial score (nSPS) is 17.8. The number of carbonyl (C=O) groups is 1. The van der Waals surface area contributed by atoms with E-state index in [1.165, 1.54) is 0 Å². The van der Waals surface area contributed by atoms with E-state index >= 15 is 0 Å². The predicted molar refractivity (Wildman–Crippen MR) is 94.2 cm³/mol. The maximum absolute atomic E-state index is 12.2. The molecule has 1 saturated heterocycles. The maximum Gasteiger partial charge on any atom is 0.236 e. The van der Waals surface area contributed by atoms with E-state index in [0.29, 0.717) is 11.6 Å². The van der Waals surface area contributed by atoms with Crippen molar-refractivity contribution in [3.63, 3.8) is 0 Å². The van der Waals surface area contributed by atoms with E-state index in [9.17, 15) is 4.79 Å². The van der Waals surface area contributed by atoms with Gasteiger partial charge in [0.05, 0.1) is 18.3 Å². The summed E-state index contributed by atoms with van der Waals surface area (Å²) in [5, 5.41) is 0.633. The maximum atomic E-state index is 12.2. The summed E-state index contributed by atoms with van der Waals surface area (Å²) in [5.41, 5.74) is 13.9. The molecular weight excluding hydrogens is 326 g/mol. The summed E-state index contributed by atoms with van der Waals surface area (Å²) >= 11 is 6.12. The van der Waals surface area contributed by atoms with Gasteiger partial charge in [0.15, 0.2) is 0 Å². The second-order valence-electron chi connectivity index (χ2n) is 5.84. The van der Waals surface area contributed by atoms with Gasteiger partial charge >= 0.3 is 0 Å². The third kappa shape index (κ3) is 3.34. The Morgan fingerprint density at radius 3 is 2.96 bits per heavy atom. The lowest BCUT2D eigenvalue weighted by Gasteiger charge is -2.36. The number of halogens is 1. The number of piperidine rings is 1. The van der Waals surface area contributed by atoms with Gasteiger partial charge in [0, 0.05) is 23.3 Å². The van der Waals surface area contributed by atoms with Crippen LogP contribution in [0.4, 0.5) is 5.95 Å². The van der Waals surface area contributed by atoms with Gasteiger partial charge in [-0.2, -0.15) is 0 Å². The molecule has 0 radical (unpaired) electrons. The van der Waals surface area contributed by atoms with E-state index in [2.05, 4.69) is 9.97 Å². The van der Waals surface area contributed by atoms with Crippen molar-refractivity contribution in [2.75, 3.05) is 18.8 Å². The molecule has 6 nitrogen and oxygen atoms in total. The van der Waals surface area contributed by atoms with Crippen molar-refractivity contribution < 1.29 is 4.79 Å². The second-order valence-corrected chi connectivity index (χ2v) is 6.28. The van der Waals surface area contributed by atoms with Gasteiger partial charge in [-0.05, 0) is 37.0 Å². The molecule has 24 heavy (non-hydrogen) atoms. The molecule has 0 aliphatic carbocycles. The zero-order valence-electron chi connectivity index (χ0n) is 13.3. The van der Waals surface area contributed by atoms with Crippen LogP contribution in [0, 0.1) is 0 Å². The molecule has 1 amide bonds. The van der Waals surface area contributed by atoms with E-state index in [1.807, 2.05) is 24.3 Å². The lowest BCUT2D eigenvalue weighted by molar-refractivity contribution is -0.133. The molecule has 126 valence electrons. The number of anilines is 1. The summed E-state index contributed by atoms with van der Waals surface area (Å²) in [7, 11) is 0. The number of nitrogen functional groups attached to an aromatic ring is 1. The highest BCUT2D eigenvalue weighted by Crippen LogP contribution is 2.36. The molecule has 1 aromatic heterocycles. The molecule has 0 spiro atoms. The Morgan fingerprint density at radius 2 is 2.21 bits per heavy atom. The number of amides is 1. The number of hydrogen-bond acceptors (Lipinski definition) is 5. The van der Waals surface area contributed by atoms with Crippen molar-refractivity contribution in [1.82, 2.24) is 14.9 Å². The van der Waals surface area contributed by atoms with E-state index in [4.69, 9.17) is 23.1 Å². The summed E-state index contributed by atoms with van der Waals surface area (Å²) in [6.07, 6.45) is 4.52. The Kier molecular flexibility index (Phi) is 4.97. The van der Waals surface area contributed by atoms with E-state index in [1.54, 1.807) is 11.1 Å². The number of likely N-dealkylation sites (tertiary alicyclic amines) is 1. The quantitative estimate of drug-likeness (QED) is 0.890. The molecule has 1 fully saturated rings. The van der Waals surface area contributed by atoms with Gasteiger partial charge in [0.2, 0.25) is 11.9 Å². The number of hydrogen-bond donors (Lipinski definition) is 2. The highest BCUT2D eigenvalue weighted by Gasteiger charge is 2.30. The summed E-state index contributed by atoms with van der Waals surface area (Å²) < 4.78 is 0. The summed E-state index contributed by atoms with van der Waals surface area (Å²) in [4.78, 5) is 22.6. The third-order valence-electron chi connectivity index (χ3n) is 4.29. The molecule has 0 saturated carbocycles. The van der Waals surface area contributed by atoms with Crippen LogP contribution in [-0.4, -0.2) is 33.9 Å². The van der Waals surface area contributed by atoms with Crippen LogP contribution in [0.15, 0.2) is 30.5 Å². The van der Waals surface area contributed by atoms with Crippen LogP contribution < -0.4 is 11.5 Å². The van der Waals surface area contributed by atoms with Crippen molar-refractivity contribution in [3.8, 4) is 11.1 Å². The zero-order valence-corrected chi connectivity index (χ0v) is 14.0. The standard InChI is InChI=1S/C17H20ClN5O/c18-12-5-3-4-11(8-12)13-10-21-17(20)22-16(13)14-6-1-2-7-23(14)15(24)9-19/h3-5,8,10,14H,1-2,6-7,9,19H2,(H2,20,21,22). The van der Waals surface area contributed by atoms with Crippen molar-refractivity contribution in [2.45, 2.75) is 25.3 Å². The molecule has 2 aromatic rings. The SMILES string of the molecule is NCC(=O)N1CCCCC1c1nc(N)ncc1-c1cccc(Cl)c1. The molecule has 1 unspecified atom stereocenters. The minimum Gasteiger partial charge on any atom is -0.368 e. The number of rotatable bonds is 3. The number of benzene rings is 1. The molecule has 4 N–H and O–H groups in total. The first-order chi connectivity index (χ1) is 11.6. The number of nitrogens with two attached hydrogens (primary N) is 2. The summed E-state index contributed by atoms with van der Waals surface area (Å²) in [6.45, 7) is 0.670. The van der Waals surface area contributed by atoms with Crippen molar-refractivity contribution in [1.29, 1.82) is 0 Å². The van der Waals surface area contributed by atoms with Crippen LogP contribution in [-0.2, 0) is 4.79 Å². The lowest BCUT2D eigenvalue weighted by atomic mass is 9.93. The molecule has 1 atom stereocenters. The number of carbonyl (C=O) groups excluding carboxylic acids is 1. The monoisotopic (exact) mass is 345 g/mol. The van der Waals surface area contributed by atoms with Gasteiger partial charge in [-0.15, -0.1) is 0 Å². The topological polar surface area (TPSA) is 98.1 Å². The van der Waals surface area contributed by atoms with Crippen LogP contribution in [0.2, 0.25) is 5.02 Å². The summed E-state index contributed by atoms with van der Waals surface area (Å²) in [5.74, 6) is 0.121. The fourth-order valence-electron chi connectivity index (χ4n) is 3.17. The molecule has 1 aromatic carbocycles. The molecule has 2 heterocycles. The number of aromatic nitrogens is 2. The number of nitrogens with zero attached hydrogens (tertiary/aromatic N) is 3. The van der Waals surface area contributed by atoms with Gasteiger partial charge in [-0.25, -0.2) is 9.97 Å². The van der Waals surface area contributed by atoms with E-state index < -0.39 is 0 Å². The van der Waals surface area contributed by atoms with Gasteiger partial charge in [-0.1, -0.05) is 23.7 Å². The van der Waals surface area contributed by atoms with Gasteiger partial charge in [0.1, 0.15) is 0 Å². The average molecular weight is 346 g/mol. The van der Waals surface area contributed by atoms with Crippen LogP contribution in [0.25, 0.3) is 11.1 Å². The van der Waals surface area contributed by atoms with Crippen molar-refractivity contribution in [3.05, 3.63) is 41.2 Å². The molecule has 1 aliphatic rings. The first-order valence-corrected chi connectivity index (χ1v) is 8.36. The molecule has 1 aliphatic heterocycles. The van der Waals surface area contributed by atoms with Crippen molar-refractivity contribution >= 4 is 23.5 Å². The Morgan fingerprint density at radius 1 is 1.38 bits per heavy atom. The zero-order chi connectivity index (χ0) is 17.1. The minimum atomic E-state index is -0.144. The Labute approximate surface area is 145 Å².